The Bertz CT molecular complexity index is 1040. The Morgan fingerprint density at radius 2 is 1.72 bits per heavy atom. The maximum absolute atomic E-state index is 12.6. The van der Waals surface area contributed by atoms with Crippen molar-refractivity contribution in [3.8, 4) is 0 Å². The highest BCUT2D eigenvalue weighted by atomic mass is 16.6. The molecule has 36 heavy (non-hydrogen) atoms. The van der Waals surface area contributed by atoms with Crippen molar-refractivity contribution >= 4 is 41.1 Å². The van der Waals surface area contributed by atoms with E-state index >= 15 is 0 Å². The summed E-state index contributed by atoms with van der Waals surface area (Å²) in [5, 5.41) is 26.0. The van der Waals surface area contributed by atoms with Crippen LogP contribution in [0.25, 0.3) is 0 Å². The molecule has 2 rings (SSSR count). The van der Waals surface area contributed by atoms with Crippen molar-refractivity contribution in [1.29, 1.82) is 0 Å². The van der Waals surface area contributed by atoms with Gasteiger partial charge >= 0.3 is 24.1 Å². The van der Waals surface area contributed by atoms with Gasteiger partial charge in [-0.15, -0.1) is 0 Å². The average molecular weight is 501 g/mol. The third-order valence-corrected chi connectivity index (χ3v) is 5.17. The van der Waals surface area contributed by atoms with Crippen LogP contribution in [0.1, 0.15) is 38.2 Å². The van der Waals surface area contributed by atoms with E-state index in [4.69, 9.17) is 9.84 Å². The van der Waals surface area contributed by atoms with E-state index in [-0.39, 0.29) is 25.9 Å². The molecule has 5 N–H and O–H groups in total. The molecule has 194 valence electrons. The zero-order valence-corrected chi connectivity index (χ0v) is 20.3. The van der Waals surface area contributed by atoms with Crippen molar-refractivity contribution in [3.63, 3.8) is 0 Å². The molecule has 0 fully saturated rings. The number of hydrogen-bond acceptors (Lipinski definition) is 6. The predicted molar refractivity (Wildman–Crippen MR) is 135 cm³/mol. The molecule has 0 heterocycles. The lowest BCUT2D eigenvalue weighted by Crippen LogP contribution is -2.43. The highest BCUT2D eigenvalue weighted by molar-refractivity contribution is 5.92. The van der Waals surface area contributed by atoms with E-state index in [1.54, 1.807) is 31.3 Å². The standard InChI is InChI=1S/C25H32N4O7/c1-3-15-26-19-7-4-5-9-21(19)29(2)25(35)36-16-17-11-13-18(14-12-17)27-24(34)28-20(23(32)33)8-6-10-22(30)31/h4-5,7,9,11-14,20,26H,3,6,8,10,15-16H2,1-2H3,(H,30,31)(H,32,33)(H2,27,28,34). The Balaban J connectivity index is 1.87. The fourth-order valence-corrected chi connectivity index (χ4v) is 3.24. The molecular weight excluding hydrogens is 468 g/mol. The molecule has 0 spiro atoms. The van der Waals surface area contributed by atoms with Gasteiger partial charge in [-0.1, -0.05) is 31.2 Å². The number of carboxylic acids is 2. The van der Waals surface area contributed by atoms with Crippen LogP contribution in [-0.4, -0.2) is 53.9 Å². The van der Waals surface area contributed by atoms with E-state index in [0.717, 1.165) is 18.7 Å². The molecule has 0 aliphatic carbocycles. The first-order chi connectivity index (χ1) is 17.2. The molecule has 1 unspecified atom stereocenters. The molecule has 2 aromatic rings. The predicted octanol–water partition coefficient (Wildman–Crippen LogP) is 4.11. The first-order valence-corrected chi connectivity index (χ1v) is 11.6. The molecule has 0 aromatic heterocycles. The molecule has 0 aliphatic heterocycles. The number of anilines is 3. The van der Waals surface area contributed by atoms with Crippen molar-refractivity contribution in [1.82, 2.24) is 5.32 Å². The molecule has 0 aliphatic rings. The van der Waals surface area contributed by atoms with Crippen LogP contribution >= 0.6 is 0 Å². The minimum atomic E-state index is -1.25. The summed E-state index contributed by atoms with van der Waals surface area (Å²) < 4.78 is 5.41. The lowest BCUT2D eigenvalue weighted by molar-refractivity contribution is -0.140. The number of rotatable bonds is 13. The minimum absolute atomic E-state index is 0.00700. The molecule has 0 saturated heterocycles. The van der Waals surface area contributed by atoms with E-state index < -0.39 is 30.1 Å². The summed E-state index contributed by atoms with van der Waals surface area (Å²) in [6, 6.07) is 12.0. The Labute approximate surface area is 209 Å². The molecule has 0 saturated carbocycles. The fraction of sp³-hybridized carbons (Fsp3) is 0.360. The molecule has 11 heteroatoms. The first kappa shape index (κ1) is 28.0. The van der Waals surface area contributed by atoms with Gasteiger partial charge in [0.05, 0.1) is 11.4 Å². The summed E-state index contributed by atoms with van der Waals surface area (Å²) in [6.07, 6.45) is 0.354. The molecule has 3 amide bonds. The largest absolute Gasteiger partial charge is 0.481 e. The Hall–Kier alpha value is -4.28. The number of carbonyl (C=O) groups is 4. The Kier molecular flexibility index (Phi) is 11.0. The third kappa shape index (κ3) is 9.16. The number of carbonyl (C=O) groups excluding carboxylic acids is 2. The number of nitrogens with zero attached hydrogens (tertiary/aromatic N) is 1. The number of nitrogens with one attached hydrogen (secondary N) is 3. The quantitative estimate of drug-likeness (QED) is 0.275. The summed E-state index contributed by atoms with van der Waals surface area (Å²) in [5.41, 5.74) is 2.63. The Morgan fingerprint density at radius 3 is 2.36 bits per heavy atom. The van der Waals surface area contributed by atoms with Gasteiger partial charge in [0.2, 0.25) is 0 Å². The van der Waals surface area contributed by atoms with Crippen LogP contribution in [0.3, 0.4) is 0 Å². The zero-order valence-electron chi connectivity index (χ0n) is 20.3. The van der Waals surface area contributed by atoms with Gasteiger partial charge in [-0.3, -0.25) is 9.69 Å². The summed E-state index contributed by atoms with van der Waals surface area (Å²) in [5.74, 6) is -2.28. The first-order valence-electron chi connectivity index (χ1n) is 11.6. The summed E-state index contributed by atoms with van der Waals surface area (Å²) >= 11 is 0. The van der Waals surface area contributed by atoms with Gasteiger partial charge in [0.15, 0.2) is 0 Å². The number of urea groups is 1. The number of ether oxygens (including phenoxy) is 1. The highest BCUT2D eigenvalue weighted by Crippen LogP contribution is 2.25. The zero-order chi connectivity index (χ0) is 26.5. The van der Waals surface area contributed by atoms with Crippen molar-refractivity contribution in [3.05, 3.63) is 54.1 Å². The van der Waals surface area contributed by atoms with E-state index in [9.17, 15) is 24.3 Å². The van der Waals surface area contributed by atoms with Crippen molar-refractivity contribution in [2.45, 2.75) is 45.3 Å². The van der Waals surface area contributed by atoms with Gasteiger partial charge in [-0.2, -0.15) is 0 Å². The van der Waals surface area contributed by atoms with E-state index in [0.29, 0.717) is 16.9 Å². The van der Waals surface area contributed by atoms with E-state index in [1.807, 2.05) is 24.3 Å². The number of benzene rings is 2. The second-order valence-electron chi connectivity index (χ2n) is 8.03. The van der Waals surface area contributed by atoms with Crippen LogP contribution in [0.5, 0.6) is 0 Å². The maximum atomic E-state index is 12.6. The second-order valence-corrected chi connectivity index (χ2v) is 8.03. The lowest BCUT2D eigenvalue weighted by atomic mass is 10.1. The van der Waals surface area contributed by atoms with Crippen LogP contribution in [0, 0.1) is 0 Å². The Morgan fingerprint density at radius 1 is 1.03 bits per heavy atom. The maximum Gasteiger partial charge on any atom is 0.414 e. The normalized spacial score (nSPS) is 11.2. The average Bonchev–Trinajstić information content (AvgIpc) is 2.85. The number of aliphatic carboxylic acids is 2. The highest BCUT2D eigenvalue weighted by Gasteiger charge is 2.20. The summed E-state index contributed by atoms with van der Waals surface area (Å²) in [4.78, 5) is 48.0. The molecule has 1 atom stereocenters. The number of amides is 3. The number of para-hydroxylation sites is 2. The second kappa shape index (κ2) is 14.2. The van der Waals surface area contributed by atoms with Gasteiger partial charge in [0.25, 0.3) is 0 Å². The molecule has 2 aromatic carbocycles. The van der Waals surface area contributed by atoms with Crippen LogP contribution in [0.2, 0.25) is 0 Å². The van der Waals surface area contributed by atoms with Crippen molar-refractivity contribution in [2.24, 2.45) is 0 Å². The van der Waals surface area contributed by atoms with Gasteiger partial charge in [0, 0.05) is 25.7 Å². The van der Waals surface area contributed by atoms with E-state index in [1.165, 1.54) is 4.90 Å². The van der Waals surface area contributed by atoms with Crippen LogP contribution in [0.15, 0.2) is 48.5 Å². The summed E-state index contributed by atoms with van der Waals surface area (Å²) in [6.45, 7) is 2.85. The van der Waals surface area contributed by atoms with Crippen molar-refractivity contribution in [2.75, 3.05) is 29.1 Å². The van der Waals surface area contributed by atoms with Gasteiger partial charge in [0.1, 0.15) is 12.6 Å². The third-order valence-electron chi connectivity index (χ3n) is 5.17. The molecular formula is C25H32N4O7. The molecule has 0 radical (unpaired) electrons. The van der Waals surface area contributed by atoms with Crippen LogP contribution in [0.4, 0.5) is 26.7 Å². The number of hydrogen-bond donors (Lipinski definition) is 5. The van der Waals surface area contributed by atoms with E-state index in [2.05, 4.69) is 22.9 Å². The van der Waals surface area contributed by atoms with Gasteiger partial charge < -0.3 is 30.9 Å². The van der Waals surface area contributed by atoms with Crippen LogP contribution in [-0.2, 0) is 20.9 Å². The monoisotopic (exact) mass is 500 g/mol. The minimum Gasteiger partial charge on any atom is -0.481 e. The molecule has 11 nitrogen and oxygen atoms in total. The number of carboxylic acid groups (broad SMARTS) is 2. The lowest BCUT2D eigenvalue weighted by Gasteiger charge is -2.21. The SMILES string of the molecule is CCCNc1ccccc1N(C)C(=O)OCc1ccc(NC(=O)NC(CCCC(=O)O)C(=O)O)cc1. The fourth-order valence-electron chi connectivity index (χ4n) is 3.24. The summed E-state index contributed by atoms with van der Waals surface area (Å²) in [7, 11) is 1.63. The topological polar surface area (TPSA) is 157 Å². The smallest absolute Gasteiger partial charge is 0.414 e. The molecule has 0 bridgehead atoms. The van der Waals surface area contributed by atoms with Gasteiger partial charge in [-0.25, -0.2) is 14.4 Å². The van der Waals surface area contributed by atoms with Crippen LogP contribution < -0.4 is 20.9 Å². The van der Waals surface area contributed by atoms with Crippen molar-refractivity contribution < 1.29 is 34.1 Å². The van der Waals surface area contributed by atoms with Gasteiger partial charge in [-0.05, 0) is 49.1 Å².